The van der Waals surface area contributed by atoms with Crippen LogP contribution in [0.1, 0.15) is 17.2 Å². The molecule has 0 bridgehead atoms. The van der Waals surface area contributed by atoms with Crippen molar-refractivity contribution in [2.24, 2.45) is 5.73 Å². The summed E-state index contributed by atoms with van der Waals surface area (Å²) >= 11 is 9.11. The van der Waals surface area contributed by atoms with Crippen molar-refractivity contribution < 1.29 is 4.39 Å². The van der Waals surface area contributed by atoms with E-state index in [-0.39, 0.29) is 5.02 Å². The first-order chi connectivity index (χ1) is 8.58. The van der Waals surface area contributed by atoms with Crippen LogP contribution >= 0.6 is 27.5 Å². The van der Waals surface area contributed by atoms with E-state index in [1.807, 2.05) is 24.3 Å². The lowest BCUT2D eigenvalue weighted by Crippen LogP contribution is -2.15. The van der Waals surface area contributed by atoms with E-state index in [0.717, 1.165) is 10.0 Å². The van der Waals surface area contributed by atoms with Crippen LogP contribution in [0.3, 0.4) is 0 Å². The number of benzene rings is 2. The molecule has 0 aliphatic heterocycles. The molecule has 0 radical (unpaired) electrons. The second-order valence-electron chi connectivity index (χ2n) is 4.08. The van der Waals surface area contributed by atoms with Crippen molar-refractivity contribution >= 4 is 27.5 Å². The quantitative estimate of drug-likeness (QED) is 0.883. The van der Waals surface area contributed by atoms with Gasteiger partial charge in [0.05, 0.1) is 5.02 Å². The highest BCUT2D eigenvalue weighted by atomic mass is 79.9. The van der Waals surface area contributed by atoms with Crippen molar-refractivity contribution in [2.75, 3.05) is 0 Å². The van der Waals surface area contributed by atoms with E-state index < -0.39 is 11.9 Å². The Morgan fingerprint density at radius 3 is 2.50 bits per heavy atom. The maximum absolute atomic E-state index is 13.8. The lowest BCUT2D eigenvalue weighted by molar-refractivity contribution is 0.581. The summed E-state index contributed by atoms with van der Waals surface area (Å²) < 4.78 is 14.8. The fraction of sp³-hybridized carbons (Fsp3) is 0.143. The van der Waals surface area contributed by atoms with Crippen LogP contribution in [0.15, 0.2) is 46.9 Å². The Morgan fingerprint density at radius 2 is 1.83 bits per heavy atom. The molecule has 0 aromatic heterocycles. The molecule has 2 aromatic rings. The Bertz CT molecular complexity index is 542. The molecule has 2 aromatic carbocycles. The number of hydrogen-bond acceptors (Lipinski definition) is 1. The number of rotatable bonds is 3. The van der Waals surface area contributed by atoms with Gasteiger partial charge in [-0.25, -0.2) is 4.39 Å². The summed E-state index contributed by atoms with van der Waals surface area (Å²) in [6.07, 6.45) is 0.574. The zero-order chi connectivity index (χ0) is 13.1. The van der Waals surface area contributed by atoms with Gasteiger partial charge in [0.1, 0.15) is 5.82 Å². The summed E-state index contributed by atoms with van der Waals surface area (Å²) in [5.41, 5.74) is 7.53. The van der Waals surface area contributed by atoms with Crippen molar-refractivity contribution in [3.63, 3.8) is 0 Å². The standard InChI is InChI=1S/C14H12BrClFN/c15-10-6-4-9(5-7-10)8-13(18)11-2-1-3-12(16)14(11)17/h1-7,13H,8,18H2. The molecule has 94 valence electrons. The van der Waals surface area contributed by atoms with Crippen molar-refractivity contribution in [1.82, 2.24) is 0 Å². The molecule has 18 heavy (non-hydrogen) atoms. The normalized spacial score (nSPS) is 12.4. The highest BCUT2D eigenvalue weighted by molar-refractivity contribution is 9.10. The molecular formula is C14H12BrClFN. The van der Waals surface area contributed by atoms with Gasteiger partial charge in [-0.15, -0.1) is 0 Å². The lowest BCUT2D eigenvalue weighted by atomic mass is 9.99. The summed E-state index contributed by atoms with van der Waals surface area (Å²) in [7, 11) is 0. The monoisotopic (exact) mass is 327 g/mol. The maximum atomic E-state index is 13.8. The first kappa shape index (κ1) is 13.5. The summed E-state index contributed by atoms with van der Waals surface area (Å²) in [5, 5.41) is 0.110. The Kier molecular flexibility index (Phi) is 4.38. The van der Waals surface area contributed by atoms with Crippen LogP contribution in [-0.4, -0.2) is 0 Å². The first-order valence-electron chi connectivity index (χ1n) is 5.52. The minimum atomic E-state index is -0.427. The zero-order valence-corrected chi connectivity index (χ0v) is 11.9. The molecule has 0 aliphatic carbocycles. The van der Waals surface area contributed by atoms with Gasteiger partial charge < -0.3 is 5.73 Å². The van der Waals surface area contributed by atoms with Crippen molar-refractivity contribution in [1.29, 1.82) is 0 Å². The van der Waals surface area contributed by atoms with Crippen LogP contribution < -0.4 is 5.73 Å². The number of nitrogens with two attached hydrogens (primary N) is 1. The molecule has 4 heteroatoms. The van der Waals surface area contributed by atoms with E-state index in [9.17, 15) is 4.39 Å². The maximum Gasteiger partial charge on any atom is 0.146 e. The lowest BCUT2D eigenvalue weighted by Gasteiger charge is -2.13. The fourth-order valence-electron chi connectivity index (χ4n) is 1.79. The minimum Gasteiger partial charge on any atom is -0.324 e. The van der Waals surface area contributed by atoms with Crippen molar-refractivity contribution in [3.8, 4) is 0 Å². The summed E-state index contributed by atoms with van der Waals surface area (Å²) in [4.78, 5) is 0. The topological polar surface area (TPSA) is 26.0 Å². The zero-order valence-electron chi connectivity index (χ0n) is 9.54. The first-order valence-corrected chi connectivity index (χ1v) is 6.69. The van der Waals surface area contributed by atoms with E-state index in [0.29, 0.717) is 12.0 Å². The third-order valence-corrected chi connectivity index (χ3v) is 3.57. The Hall–Kier alpha value is -0.900. The summed E-state index contributed by atoms with van der Waals surface area (Å²) in [6, 6.07) is 12.3. The van der Waals surface area contributed by atoms with Gasteiger partial charge >= 0.3 is 0 Å². The Morgan fingerprint density at radius 1 is 1.17 bits per heavy atom. The average molecular weight is 329 g/mol. The van der Waals surface area contributed by atoms with Gasteiger partial charge in [0, 0.05) is 16.1 Å². The van der Waals surface area contributed by atoms with Gasteiger partial charge in [-0.1, -0.05) is 51.8 Å². The van der Waals surface area contributed by atoms with Crippen LogP contribution in [0, 0.1) is 5.82 Å². The van der Waals surface area contributed by atoms with E-state index in [4.69, 9.17) is 17.3 Å². The SMILES string of the molecule is NC(Cc1ccc(Br)cc1)c1cccc(Cl)c1F. The highest BCUT2D eigenvalue weighted by Crippen LogP contribution is 2.24. The largest absolute Gasteiger partial charge is 0.324 e. The second-order valence-corrected chi connectivity index (χ2v) is 5.40. The summed E-state index contributed by atoms with van der Waals surface area (Å²) in [5.74, 6) is -0.427. The highest BCUT2D eigenvalue weighted by Gasteiger charge is 2.14. The van der Waals surface area contributed by atoms with Gasteiger partial charge in [0.15, 0.2) is 0 Å². The van der Waals surface area contributed by atoms with E-state index >= 15 is 0 Å². The molecule has 0 aliphatic rings. The molecule has 0 amide bonds. The van der Waals surface area contributed by atoms with E-state index in [2.05, 4.69) is 15.9 Å². The predicted molar refractivity (Wildman–Crippen MR) is 76.2 cm³/mol. The van der Waals surface area contributed by atoms with Crippen LogP contribution in [0.25, 0.3) is 0 Å². The molecule has 1 unspecified atom stereocenters. The molecule has 2 rings (SSSR count). The number of halogens is 3. The molecule has 2 N–H and O–H groups in total. The van der Waals surface area contributed by atoms with Crippen molar-refractivity contribution in [3.05, 3.63) is 68.9 Å². The van der Waals surface area contributed by atoms with Crippen molar-refractivity contribution in [2.45, 2.75) is 12.5 Å². The van der Waals surface area contributed by atoms with E-state index in [1.54, 1.807) is 12.1 Å². The van der Waals surface area contributed by atoms with E-state index in [1.165, 1.54) is 6.07 Å². The molecule has 0 fully saturated rings. The van der Waals surface area contributed by atoms with Crippen LogP contribution in [0.4, 0.5) is 4.39 Å². The third-order valence-electron chi connectivity index (χ3n) is 2.75. The third kappa shape index (κ3) is 3.10. The second kappa shape index (κ2) is 5.83. The van der Waals surface area contributed by atoms with Gasteiger partial charge in [-0.2, -0.15) is 0 Å². The molecular weight excluding hydrogens is 317 g/mol. The molecule has 0 saturated heterocycles. The van der Waals surface area contributed by atoms with Gasteiger partial charge in [-0.05, 0) is 30.2 Å². The van der Waals surface area contributed by atoms with Gasteiger partial charge in [0.2, 0.25) is 0 Å². The Balaban J connectivity index is 2.19. The minimum absolute atomic E-state index is 0.110. The smallest absolute Gasteiger partial charge is 0.146 e. The molecule has 0 saturated carbocycles. The molecule has 1 nitrogen and oxygen atoms in total. The fourth-order valence-corrected chi connectivity index (χ4v) is 2.24. The molecule has 0 heterocycles. The average Bonchev–Trinajstić information content (AvgIpc) is 2.35. The Labute approximate surface area is 119 Å². The molecule has 0 spiro atoms. The van der Waals surface area contributed by atoms with Gasteiger partial charge in [-0.3, -0.25) is 0 Å². The number of hydrogen-bond donors (Lipinski definition) is 1. The molecule has 1 atom stereocenters. The summed E-state index contributed by atoms with van der Waals surface area (Å²) in [6.45, 7) is 0. The van der Waals surface area contributed by atoms with Crippen LogP contribution in [0.2, 0.25) is 5.02 Å². The van der Waals surface area contributed by atoms with Crippen LogP contribution in [0.5, 0.6) is 0 Å². The van der Waals surface area contributed by atoms with Crippen LogP contribution in [-0.2, 0) is 6.42 Å². The van der Waals surface area contributed by atoms with Gasteiger partial charge in [0.25, 0.3) is 0 Å². The predicted octanol–water partition coefficient (Wildman–Crippen LogP) is 4.48.